The SMILES string of the molecule is CNC(Cc1ccccc1F)c1ccc(I)c(Cl)c1. The van der Waals surface area contributed by atoms with Crippen LogP contribution < -0.4 is 5.32 Å². The molecular weight excluding hydrogens is 376 g/mol. The first-order valence-electron chi connectivity index (χ1n) is 5.97. The van der Waals surface area contributed by atoms with Crippen LogP contribution in [0.2, 0.25) is 5.02 Å². The van der Waals surface area contributed by atoms with Crippen LogP contribution in [0.1, 0.15) is 17.2 Å². The molecule has 0 aliphatic heterocycles. The minimum atomic E-state index is -0.167. The van der Waals surface area contributed by atoms with Gasteiger partial charge in [-0.1, -0.05) is 35.9 Å². The van der Waals surface area contributed by atoms with E-state index in [0.717, 1.165) is 14.2 Å². The lowest BCUT2D eigenvalue weighted by Crippen LogP contribution is -2.19. The Balaban J connectivity index is 2.25. The van der Waals surface area contributed by atoms with Crippen molar-refractivity contribution in [1.82, 2.24) is 5.32 Å². The molecule has 0 aliphatic rings. The topological polar surface area (TPSA) is 12.0 Å². The lowest BCUT2D eigenvalue weighted by Gasteiger charge is -2.17. The summed E-state index contributed by atoms with van der Waals surface area (Å²) in [5.41, 5.74) is 1.77. The van der Waals surface area contributed by atoms with Crippen molar-refractivity contribution >= 4 is 34.2 Å². The molecule has 0 aliphatic carbocycles. The summed E-state index contributed by atoms with van der Waals surface area (Å²) in [7, 11) is 1.87. The molecule has 2 aromatic rings. The first-order chi connectivity index (χ1) is 9.11. The van der Waals surface area contributed by atoms with Crippen LogP contribution in [0.25, 0.3) is 0 Å². The summed E-state index contributed by atoms with van der Waals surface area (Å²) < 4.78 is 14.7. The molecule has 1 atom stereocenters. The predicted octanol–water partition coefficient (Wildman–Crippen LogP) is 4.59. The Kier molecular flexibility index (Phi) is 5.19. The summed E-state index contributed by atoms with van der Waals surface area (Å²) in [6.07, 6.45) is 0.597. The second-order valence-electron chi connectivity index (χ2n) is 4.31. The minimum absolute atomic E-state index is 0.0476. The van der Waals surface area contributed by atoms with Gasteiger partial charge in [-0.3, -0.25) is 0 Å². The summed E-state index contributed by atoms with van der Waals surface area (Å²) in [5.74, 6) is -0.167. The van der Waals surface area contributed by atoms with Crippen molar-refractivity contribution in [2.45, 2.75) is 12.5 Å². The highest BCUT2D eigenvalue weighted by Crippen LogP contribution is 2.25. The maximum atomic E-state index is 13.7. The molecular formula is C15H14ClFIN. The fraction of sp³-hybridized carbons (Fsp3) is 0.200. The number of likely N-dealkylation sites (N-methyl/N-ethyl adjacent to an activating group) is 1. The number of benzene rings is 2. The van der Waals surface area contributed by atoms with E-state index in [2.05, 4.69) is 27.9 Å². The molecule has 0 saturated carbocycles. The Morgan fingerprint density at radius 3 is 2.63 bits per heavy atom. The maximum absolute atomic E-state index is 13.7. The van der Waals surface area contributed by atoms with Crippen LogP contribution >= 0.6 is 34.2 Å². The van der Waals surface area contributed by atoms with Gasteiger partial charge in [-0.15, -0.1) is 0 Å². The molecule has 2 rings (SSSR count). The fourth-order valence-corrected chi connectivity index (χ4v) is 2.52. The van der Waals surface area contributed by atoms with Gasteiger partial charge in [-0.2, -0.15) is 0 Å². The zero-order valence-corrected chi connectivity index (χ0v) is 13.4. The van der Waals surface area contributed by atoms with Gasteiger partial charge in [-0.05, 0) is 65.4 Å². The van der Waals surface area contributed by atoms with Crippen LogP contribution in [0.15, 0.2) is 42.5 Å². The third-order valence-electron chi connectivity index (χ3n) is 3.08. The van der Waals surface area contributed by atoms with Gasteiger partial charge in [0.2, 0.25) is 0 Å². The van der Waals surface area contributed by atoms with Crippen molar-refractivity contribution in [3.05, 3.63) is 68.0 Å². The van der Waals surface area contributed by atoms with E-state index in [4.69, 9.17) is 11.6 Å². The summed E-state index contributed by atoms with van der Waals surface area (Å²) in [6.45, 7) is 0. The quantitative estimate of drug-likeness (QED) is 0.754. The van der Waals surface area contributed by atoms with E-state index in [-0.39, 0.29) is 11.9 Å². The number of rotatable bonds is 4. The molecule has 1 N–H and O–H groups in total. The van der Waals surface area contributed by atoms with Crippen LogP contribution in [0.3, 0.4) is 0 Å². The summed E-state index contributed by atoms with van der Waals surface area (Å²) in [6, 6.07) is 12.8. The minimum Gasteiger partial charge on any atom is -0.313 e. The van der Waals surface area contributed by atoms with Crippen molar-refractivity contribution in [2.75, 3.05) is 7.05 Å². The third-order valence-corrected chi connectivity index (χ3v) is 4.65. The fourth-order valence-electron chi connectivity index (χ4n) is 2.00. The van der Waals surface area contributed by atoms with Gasteiger partial charge in [0, 0.05) is 9.61 Å². The lowest BCUT2D eigenvalue weighted by molar-refractivity contribution is 0.554. The van der Waals surface area contributed by atoms with Gasteiger partial charge < -0.3 is 5.32 Å². The molecule has 0 amide bonds. The largest absolute Gasteiger partial charge is 0.313 e. The Bertz CT molecular complexity index is 574. The lowest BCUT2D eigenvalue weighted by atomic mass is 9.99. The van der Waals surface area contributed by atoms with Crippen molar-refractivity contribution in [3.8, 4) is 0 Å². The standard InChI is InChI=1S/C15H14ClFIN/c1-19-15(9-10-4-2-3-5-13(10)17)11-6-7-14(18)12(16)8-11/h2-8,15,19H,9H2,1H3. The number of hydrogen-bond acceptors (Lipinski definition) is 1. The zero-order chi connectivity index (χ0) is 13.8. The Hall–Kier alpha value is -0.650. The average molecular weight is 390 g/mol. The highest BCUT2D eigenvalue weighted by atomic mass is 127. The van der Waals surface area contributed by atoms with Crippen LogP contribution in [0, 0.1) is 9.39 Å². The van der Waals surface area contributed by atoms with Crippen LogP contribution in [-0.4, -0.2) is 7.05 Å². The van der Waals surface area contributed by atoms with Crippen LogP contribution in [-0.2, 0) is 6.42 Å². The van der Waals surface area contributed by atoms with Gasteiger partial charge in [0.15, 0.2) is 0 Å². The third kappa shape index (κ3) is 3.68. The highest BCUT2D eigenvalue weighted by Gasteiger charge is 2.13. The van der Waals surface area contributed by atoms with Crippen molar-refractivity contribution in [1.29, 1.82) is 0 Å². The number of halogens is 3. The molecule has 2 aromatic carbocycles. The highest BCUT2D eigenvalue weighted by molar-refractivity contribution is 14.1. The van der Waals surface area contributed by atoms with E-state index in [0.29, 0.717) is 12.0 Å². The molecule has 0 bridgehead atoms. The molecule has 100 valence electrons. The summed E-state index contributed by atoms with van der Waals surface area (Å²) >= 11 is 8.33. The smallest absolute Gasteiger partial charge is 0.126 e. The molecule has 0 saturated heterocycles. The van der Waals surface area contributed by atoms with Crippen molar-refractivity contribution < 1.29 is 4.39 Å². The van der Waals surface area contributed by atoms with E-state index in [9.17, 15) is 4.39 Å². The van der Waals surface area contributed by atoms with E-state index in [1.165, 1.54) is 6.07 Å². The molecule has 0 spiro atoms. The second kappa shape index (κ2) is 6.68. The van der Waals surface area contributed by atoms with Crippen LogP contribution in [0.4, 0.5) is 4.39 Å². The molecule has 1 unspecified atom stereocenters. The molecule has 0 aromatic heterocycles. The summed E-state index contributed by atoms with van der Waals surface area (Å²) in [5, 5.41) is 3.94. The van der Waals surface area contributed by atoms with Crippen molar-refractivity contribution in [2.24, 2.45) is 0 Å². The van der Waals surface area contributed by atoms with E-state index in [1.54, 1.807) is 6.07 Å². The molecule has 19 heavy (non-hydrogen) atoms. The average Bonchev–Trinajstić information content (AvgIpc) is 2.41. The molecule has 0 radical (unpaired) electrons. The molecule has 1 nitrogen and oxygen atoms in total. The Labute approximate surface area is 131 Å². The maximum Gasteiger partial charge on any atom is 0.126 e. The first-order valence-corrected chi connectivity index (χ1v) is 7.43. The van der Waals surface area contributed by atoms with E-state index >= 15 is 0 Å². The van der Waals surface area contributed by atoms with Crippen LogP contribution in [0.5, 0.6) is 0 Å². The van der Waals surface area contributed by atoms with Gasteiger partial charge >= 0.3 is 0 Å². The molecule has 0 fully saturated rings. The zero-order valence-electron chi connectivity index (χ0n) is 10.5. The number of nitrogens with one attached hydrogen (secondary N) is 1. The number of hydrogen-bond donors (Lipinski definition) is 1. The second-order valence-corrected chi connectivity index (χ2v) is 5.88. The Morgan fingerprint density at radius 2 is 2.00 bits per heavy atom. The molecule has 4 heteroatoms. The van der Waals surface area contributed by atoms with Gasteiger partial charge in [0.05, 0.1) is 5.02 Å². The summed E-state index contributed by atoms with van der Waals surface area (Å²) in [4.78, 5) is 0. The monoisotopic (exact) mass is 389 g/mol. The predicted molar refractivity (Wildman–Crippen MR) is 86.1 cm³/mol. The van der Waals surface area contributed by atoms with E-state index in [1.807, 2.05) is 37.4 Å². The van der Waals surface area contributed by atoms with E-state index < -0.39 is 0 Å². The first kappa shape index (κ1) is 14.8. The van der Waals surface area contributed by atoms with Crippen molar-refractivity contribution in [3.63, 3.8) is 0 Å². The van der Waals surface area contributed by atoms with Gasteiger partial charge in [-0.25, -0.2) is 4.39 Å². The van der Waals surface area contributed by atoms with Gasteiger partial charge in [0.1, 0.15) is 5.82 Å². The normalized spacial score (nSPS) is 12.4. The Morgan fingerprint density at radius 1 is 1.26 bits per heavy atom. The van der Waals surface area contributed by atoms with Gasteiger partial charge in [0.25, 0.3) is 0 Å². The molecule has 0 heterocycles.